The lowest BCUT2D eigenvalue weighted by atomic mass is 10.0. The first-order chi connectivity index (χ1) is 25.3. The van der Waals surface area contributed by atoms with Crippen LogP contribution in [-0.4, -0.2) is 72.0 Å². The number of hydrogen-bond acceptors (Lipinski definition) is 8. The van der Waals surface area contributed by atoms with E-state index < -0.39 is 0 Å². The third-order valence-corrected chi connectivity index (χ3v) is 8.52. The van der Waals surface area contributed by atoms with E-state index in [1.165, 1.54) is 17.5 Å². The number of benzene rings is 3. The molecule has 3 aromatic carbocycles. The number of carbonyl (C=O) groups is 1. The van der Waals surface area contributed by atoms with Crippen molar-refractivity contribution in [3.8, 4) is 11.1 Å². The maximum atomic E-state index is 12.3. The van der Waals surface area contributed by atoms with E-state index in [9.17, 15) is 4.79 Å². The zero-order chi connectivity index (χ0) is 37.6. The lowest BCUT2D eigenvalue weighted by molar-refractivity contribution is 0.0319. The minimum Gasteiger partial charge on any atom is -0.382 e. The van der Waals surface area contributed by atoms with Gasteiger partial charge in [-0.2, -0.15) is 0 Å². The smallest absolute Gasteiger partial charge is 0.315 e. The molecule has 280 valence electrons. The molecule has 1 saturated heterocycles. The number of anilines is 1. The highest BCUT2D eigenvalue weighted by atomic mass is 35.5. The Balaban J connectivity index is 0.000000439. The molecule has 2 atom stereocenters. The fraction of sp³-hybridized carbons (Fsp3) is 0.415. The maximum Gasteiger partial charge on any atom is 0.315 e. The molecule has 0 bridgehead atoms. The highest BCUT2D eigenvalue weighted by molar-refractivity contribution is 6.30. The second kappa shape index (κ2) is 24.0. The Kier molecular flexibility index (Phi) is 19.4. The number of amides is 2. The van der Waals surface area contributed by atoms with Gasteiger partial charge in [-0.3, -0.25) is 9.89 Å². The van der Waals surface area contributed by atoms with E-state index in [4.69, 9.17) is 22.1 Å². The monoisotopic (exact) mass is 728 g/mol. The number of aliphatic imine (C=N–C) groups is 1. The molecule has 0 radical (unpaired) electrons. The summed E-state index contributed by atoms with van der Waals surface area (Å²) < 4.78 is 6.07. The molecule has 1 aliphatic rings. The molecule has 4 aromatic rings. The Morgan fingerprint density at radius 2 is 1.67 bits per heavy atom. The molecule has 1 aromatic heterocycles. The number of ether oxygens (including phenoxy) is 1. The Morgan fingerprint density at radius 1 is 0.942 bits per heavy atom. The third-order valence-electron chi connectivity index (χ3n) is 8.27. The second-order valence-electron chi connectivity index (χ2n) is 12.3. The van der Waals surface area contributed by atoms with E-state index in [2.05, 4.69) is 79.1 Å². The lowest BCUT2D eigenvalue weighted by Gasteiger charge is -2.26. The van der Waals surface area contributed by atoms with Crippen LogP contribution < -0.4 is 21.7 Å². The van der Waals surface area contributed by atoms with Crippen LogP contribution in [0.1, 0.15) is 63.8 Å². The van der Waals surface area contributed by atoms with Gasteiger partial charge in [-0.15, -0.1) is 0 Å². The van der Waals surface area contributed by atoms with Crippen LogP contribution in [0.5, 0.6) is 0 Å². The highest BCUT2D eigenvalue weighted by Gasteiger charge is 2.23. The zero-order valence-corrected chi connectivity index (χ0v) is 32.2. The number of nitrogens with one attached hydrogen (secondary N) is 3. The van der Waals surface area contributed by atoms with Gasteiger partial charge in [0.1, 0.15) is 12.0 Å². The van der Waals surface area contributed by atoms with Gasteiger partial charge in [0.25, 0.3) is 0 Å². The van der Waals surface area contributed by atoms with E-state index in [0.29, 0.717) is 30.7 Å². The fourth-order valence-corrected chi connectivity index (χ4v) is 5.70. The summed E-state index contributed by atoms with van der Waals surface area (Å²) in [5.41, 5.74) is 11.8. The molecule has 11 heteroatoms. The van der Waals surface area contributed by atoms with Crippen molar-refractivity contribution >= 4 is 35.4 Å². The Labute approximate surface area is 315 Å². The van der Waals surface area contributed by atoms with E-state index in [1.807, 2.05) is 70.2 Å². The molecule has 1 aliphatic heterocycles. The van der Waals surface area contributed by atoms with Crippen LogP contribution in [0.3, 0.4) is 0 Å². The molecule has 2 heterocycles. The van der Waals surface area contributed by atoms with Gasteiger partial charge in [0, 0.05) is 57.1 Å². The number of aromatic nitrogens is 2. The van der Waals surface area contributed by atoms with Gasteiger partial charge in [0.2, 0.25) is 0 Å². The molecule has 5 rings (SSSR count). The summed E-state index contributed by atoms with van der Waals surface area (Å²) >= 11 is 6.04. The second-order valence-corrected chi connectivity index (χ2v) is 12.8. The quantitative estimate of drug-likeness (QED) is 0.0722. The third kappa shape index (κ3) is 15.5. The average Bonchev–Trinajstić information content (AvgIpc) is 3.58. The molecule has 2 amide bonds. The van der Waals surface area contributed by atoms with E-state index in [1.54, 1.807) is 6.21 Å². The molecule has 52 heavy (non-hydrogen) atoms. The van der Waals surface area contributed by atoms with E-state index >= 15 is 0 Å². The summed E-state index contributed by atoms with van der Waals surface area (Å²) in [4.78, 5) is 26.6. The number of hydrogen-bond donors (Lipinski definition) is 4. The largest absolute Gasteiger partial charge is 0.382 e. The fourth-order valence-electron chi connectivity index (χ4n) is 5.57. The molecule has 10 nitrogen and oxygen atoms in total. The maximum absolute atomic E-state index is 12.3. The zero-order valence-electron chi connectivity index (χ0n) is 31.4. The lowest BCUT2D eigenvalue weighted by Crippen LogP contribution is -2.44. The minimum atomic E-state index is -0.141. The van der Waals surface area contributed by atoms with Crippen molar-refractivity contribution in [3.63, 3.8) is 0 Å². The van der Waals surface area contributed by atoms with Crippen molar-refractivity contribution < 1.29 is 9.53 Å². The standard InChI is InChI=1S/C31H39ClN4O2.C8H12N4.C2H6/c1-24-10-15-30(38-24)23-36(19-17-34-31(37)35-22-25-6-3-2-4-7-25)18-16-33-21-26-8-5-9-28(20-26)27-11-13-29(32)14-12-27;1-3-4-10-7-6(2)11-5-12-8(7)9;1-2/h2-9,11-14,20,24,30,33H,10,15-19,21-23H2,1H3,(H2,34,35,37);4-5H,3H2,1-2H3,(H2,9,11,12);1-2H3. The number of nitrogen functional groups attached to an aromatic ring is 1. The van der Waals surface area contributed by atoms with Crippen LogP contribution in [0.2, 0.25) is 5.02 Å². The Hall–Kier alpha value is -4.35. The number of nitrogens with zero attached hydrogens (tertiary/aromatic N) is 4. The minimum absolute atomic E-state index is 0.141. The molecule has 0 spiro atoms. The predicted octanol–water partition coefficient (Wildman–Crippen LogP) is 7.97. The number of nitrogens with two attached hydrogens (primary N) is 1. The first kappa shape index (κ1) is 42.1. The van der Waals surface area contributed by atoms with Crippen LogP contribution in [-0.2, 0) is 17.8 Å². The van der Waals surface area contributed by atoms with Crippen LogP contribution in [0.15, 0.2) is 90.2 Å². The van der Waals surface area contributed by atoms with E-state index in [-0.39, 0.29) is 12.1 Å². The predicted molar refractivity (Wildman–Crippen MR) is 216 cm³/mol. The first-order valence-electron chi connectivity index (χ1n) is 18.4. The number of urea groups is 1. The molecule has 5 N–H and O–H groups in total. The highest BCUT2D eigenvalue weighted by Crippen LogP contribution is 2.23. The van der Waals surface area contributed by atoms with Gasteiger partial charge in [0.15, 0.2) is 5.82 Å². The summed E-state index contributed by atoms with van der Waals surface area (Å²) in [6.45, 7) is 15.3. The van der Waals surface area contributed by atoms with Crippen molar-refractivity contribution in [1.82, 2.24) is 30.8 Å². The Bertz CT molecular complexity index is 1600. The summed E-state index contributed by atoms with van der Waals surface area (Å²) in [5, 5.41) is 10.3. The normalized spacial score (nSPS) is 15.1. The molecule has 1 fully saturated rings. The van der Waals surface area contributed by atoms with Gasteiger partial charge in [-0.25, -0.2) is 14.8 Å². The summed E-state index contributed by atoms with van der Waals surface area (Å²) in [5.74, 6) is 0.437. The molecule has 0 saturated carbocycles. The van der Waals surface area contributed by atoms with Crippen LogP contribution >= 0.6 is 11.6 Å². The van der Waals surface area contributed by atoms with Gasteiger partial charge < -0.3 is 26.4 Å². The Morgan fingerprint density at radius 3 is 2.37 bits per heavy atom. The first-order valence-corrected chi connectivity index (χ1v) is 18.8. The van der Waals surface area contributed by atoms with Crippen molar-refractivity contribution in [2.75, 3.05) is 38.5 Å². The van der Waals surface area contributed by atoms with Crippen LogP contribution in [0.25, 0.3) is 11.1 Å². The van der Waals surface area contributed by atoms with Gasteiger partial charge in [-0.05, 0) is 73.6 Å². The van der Waals surface area contributed by atoms with Gasteiger partial charge in [0.05, 0.1) is 17.9 Å². The topological polar surface area (TPSA) is 130 Å². The number of aryl methyl sites for hydroxylation is 1. The van der Waals surface area contributed by atoms with Gasteiger partial charge >= 0.3 is 6.03 Å². The molecular weight excluding hydrogens is 672 g/mol. The van der Waals surface area contributed by atoms with Crippen molar-refractivity contribution in [2.24, 2.45) is 4.99 Å². The van der Waals surface area contributed by atoms with Crippen LogP contribution in [0.4, 0.5) is 16.3 Å². The summed E-state index contributed by atoms with van der Waals surface area (Å²) in [7, 11) is 0. The summed E-state index contributed by atoms with van der Waals surface area (Å²) in [6.07, 6.45) is 6.91. The van der Waals surface area contributed by atoms with Crippen LogP contribution in [0, 0.1) is 6.92 Å². The number of rotatable bonds is 15. The van der Waals surface area contributed by atoms with E-state index in [0.717, 1.165) is 73.8 Å². The summed E-state index contributed by atoms with van der Waals surface area (Å²) in [6, 6.07) is 26.3. The number of carbonyl (C=O) groups excluding carboxylic acids is 1. The van der Waals surface area contributed by atoms with Crippen molar-refractivity contribution in [2.45, 2.75) is 79.2 Å². The average molecular weight is 729 g/mol. The molecular formula is C41H57ClN8O2. The molecule has 2 unspecified atom stereocenters. The van der Waals surface area contributed by atoms with Crippen molar-refractivity contribution in [3.05, 3.63) is 107 Å². The number of halogens is 1. The van der Waals surface area contributed by atoms with Crippen molar-refractivity contribution in [1.29, 1.82) is 0 Å². The van der Waals surface area contributed by atoms with Gasteiger partial charge in [-0.1, -0.05) is 93.0 Å². The molecule has 0 aliphatic carbocycles. The SMILES string of the molecule is CC.CC1CCC(CN(CCNCc2cccc(-c3ccc(Cl)cc3)c2)CCNC(=O)NCc2ccccc2)O1.CCC=Nc1c(C)ncnc1N.